The van der Waals surface area contributed by atoms with Crippen LogP contribution in [0, 0.1) is 0 Å². The van der Waals surface area contributed by atoms with E-state index in [9.17, 15) is 0 Å². The van der Waals surface area contributed by atoms with Crippen molar-refractivity contribution in [2.24, 2.45) is 0 Å². The van der Waals surface area contributed by atoms with E-state index in [4.69, 9.17) is 0 Å². The van der Waals surface area contributed by atoms with E-state index in [0.29, 0.717) is 5.82 Å². The molecule has 8 heteroatoms. The quantitative estimate of drug-likeness (QED) is 0.906. The molecular weight excluding hydrogens is 286 g/mol. The number of rotatable bonds is 4. The first-order valence-corrected chi connectivity index (χ1v) is 5.87. The maximum atomic E-state index is 4.22. The predicted octanol–water partition coefficient (Wildman–Crippen LogP) is 0.992. The van der Waals surface area contributed by atoms with Crippen molar-refractivity contribution >= 4 is 21.7 Å². The average molecular weight is 298 g/mol. The highest BCUT2D eigenvalue weighted by molar-refractivity contribution is 9.10. The molecule has 0 unspecified atom stereocenters. The van der Waals surface area contributed by atoms with Crippen LogP contribution in [0.1, 0.15) is 18.7 Å². The van der Waals surface area contributed by atoms with E-state index in [1.54, 1.807) is 6.20 Å². The van der Waals surface area contributed by atoms with Crippen molar-refractivity contribution in [1.29, 1.82) is 0 Å². The Balaban J connectivity index is 2.07. The molecule has 0 aliphatic carbocycles. The molecule has 2 rings (SSSR count). The number of halogens is 1. The van der Waals surface area contributed by atoms with E-state index in [0.717, 1.165) is 16.8 Å². The fourth-order valence-corrected chi connectivity index (χ4v) is 2.07. The van der Waals surface area contributed by atoms with Crippen molar-refractivity contribution < 1.29 is 0 Å². The molecule has 1 atom stereocenters. The average Bonchev–Trinajstić information content (AvgIpc) is 2.82. The Hall–Kier alpha value is -1.57. The minimum Gasteiger partial charge on any atom is -0.358 e. The van der Waals surface area contributed by atoms with E-state index in [1.165, 1.54) is 6.33 Å². The fourth-order valence-electron chi connectivity index (χ4n) is 1.54. The normalized spacial score (nSPS) is 12.4. The molecule has 0 aliphatic rings. The Morgan fingerprint density at radius 1 is 1.53 bits per heavy atom. The second-order valence-corrected chi connectivity index (χ2v) is 4.60. The molecule has 0 saturated carbocycles. The highest BCUT2D eigenvalue weighted by Gasteiger charge is 2.15. The van der Waals surface area contributed by atoms with Gasteiger partial charge in [0.25, 0.3) is 0 Å². The van der Waals surface area contributed by atoms with Crippen LogP contribution >= 0.6 is 15.9 Å². The van der Waals surface area contributed by atoms with Crippen LogP contribution in [0.3, 0.4) is 0 Å². The summed E-state index contributed by atoms with van der Waals surface area (Å²) in [7, 11) is 1.96. The van der Waals surface area contributed by atoms with Crippen molar-refractivity contribution in [3.63, 3.8) is 0 Å². The van der Waals surface area contributed by atoms with E-state index in [2.05, 4.69) is 46.5 Å². The Bertz CT molecular complexity index is 472. The summed E-state index contributed by atoms with van der Waals surface area (Å²) in [5, 5.41) is 13.9. The van der Waals surface area contributed by atoms with Crippen LogP contribution in [0.2, 0.25) is 0 Å². The highest BCUT2D eigenvalue weighted by atomic mass is 79.9. The van der Waals surface area contributed by atoms with Gasteiger partial charge in [0.05, 0.1) is 4.47 Å². The molecule has 2 aromatic heterocycles. The van der Waals surface area contributed by atoms with Gasteiger partial charge in [-0.2, -0.15) is 5.21 Å². The lowest BCUT2D eigenvalue weighted by molar-refractivity contribution is 0.681. The van der Waals surface area contributed by atoms with E-state index in [-0.39, 0.29) is 5.92 Å². The number of hydrogen-bond donors (Lipinski definition) is 1. The Labute approximate surface area is 107 Å². The second-order valence-electron chi connectivity index (χ2n) is 3.75. The van der Waals surface area contributed by atoms with Gasteiger partial charge < -0.3 is 4.90 Å². The Morgan fingerprint density at radius 3 is 3.00 bits per heavy atom. The summed E-state index contributed by atoms with van der Waals surface area (Å²) in [6.45, 7) is 2.78. The lowest BCUT2D eigenvalue weighted by Gasteiger charge is -2.21. The number of anilines is 1. The van der Waals surface area contributed by atoms with Gasteiger partial charge in [-0.1, -0.05) is 12.1 Å². The van der Waals surface area contributed by atoms with Crippen LogP contribution < -0.4 is 4.90 Å². The zero-order valence-corrected chi connectivity index (χ0v) is 11.1. The zero-order chi connectivity index (χ0) is 12.3. The van der Waals surface area contributed by atoms with Gasteiger partial charge in [0.2, 0.25) is 0 Å². The summed E-state index contributed by atoms with van der Waals surface area (Å²) in [5.41, 5.74) is 0. The zero-order valence-electron chi connectivity index (χ0n) is 9.50. The topological polar surface area (TPSA) is 83.5 Å². The van der Waals surface area contributed by atoms with Crippen LogP contribution in [-0.4, -0.2) is 44.2 Å². The molecule has 7 nitrogen and oxygen atoms in total. The third kappa shape index (κ3) is 2.76. The monoisotopic (exact) mass is 297 g/mol. The number of aromatic nitrogens is 6. The van der Waals surface area contributed by atoms with Crippen LogP contribution in [0.15, 0.2) is 17.0 Å². The molecule has 17 heavy (non-hydrogen) atoms. The summed E-state index contributed by atoms with van der Waals surface area (Å²) < 4.78 is 0.864. The molecule has 0 saturated heterocycles. The standard InChI is InChI=1S/C9H12BrN7/c1-6(8-13-15-16-14-8)4-17(2)9-7(10)3-11-5-12-9/h3,5-6H,4H2,1-2H3,(H,13,14,15,16)/t6-/m1/s1. The smallest absolute Gasteiger partial charge is 0.179 e. The van der Waals surface area contributed by atoms with Gasteiger partial charge >= 0.3 is 0 Å². The van der Waals surface area contributed by atoms with Crippen molar-refractivity contribution in [3.8, 4) is 0 Å². The molecule has 0 aromatic carbocycles. The van der Waals surface area contributed by atoms with Gasteiger partial charge in [-0.05, 0) is 15.9 Å². The van der Waals surface area contributed by atoms with E-state index in [1.807, 2.05) is 18.9 Å². The van der Waals surface area contributed by atoms with Gasteiger partial charge in [-0.15, -0.1) is 10.2 Å². The third-order valence-corrected chi connectivity index (χ3v) is 2.92. The van der Waals surface area contributed by atoms with E-state index >= 15 is 0 Å². The van der Waals surface area contributed by atoms with Crippen LogP contribution in [0.25, 0.3) is 0 Å². The van der Waals surface area contributed by atoms with Crippen molar-refractivity contribution in [2.75, 3.05) is 18.5 Å². The molecule has 1 N–H and O–H groups in total. The van der Waals surface area contributed by atoms with Crippen molar-refractivity contribution in [3.05, 3.63) is 22.8 Å². The molecule has 0 amide bonds. The minimum atomic E-state index is 0.167. The highest BCUT2D eigenvalue weighted by Crippen LogP contribution is 2.22. The first-order valence-electron chi connectivity index (χ1n) is 5.08. The Morgan fingerprint density at radius 2 is 2.35 bits per heavy atom. The molecule has 0 spiro atoms. The number of nitrogens with zero attached hydrogens (tertiary/aromatic N) is 6. The first kappa shape index (κ1) is 11.9. The van der Waals surface area contributed by atoms with Gasteiger partial charge in [0.15, 0.2) is 5.82 Å². The third-order valence-electron chi connectivity index (χ3n) is 2.36. The molecule has 90 valence electrons. The van der Waals surface area contributed by atoms with Crippen LogP contribution in [0.5, 0.6) is 0 Å². The summed E-state index contributed by atoms with van der Waals surface area (Å²) in [6, 6.07) is 0. The number of aromatic amines is 1. The molecular formula is C9H12BrN7. The van der Waals surface area contributed by atoms with Gasteiger partial charge in [0.1, 0.15) is 12.1 Å². The lowest BCUT2D eigenvalue weighted by atomic mass is 10.1. The fraction of sp³-hybridized carbons (Fsp3) is 0.444. The molecule has 0 bridgehead atoms. The van der Waals surface area contributed by atoms with Gasteiger partial charge in [-0.3, -0.25) is 0 Å². The SMILES string of the molecule is C[C@H](CN(C)c1ncncc1Br)c1nn[nH]n1. The lowest BCUT2D eigenvalue weighted by Crippen LogP contribution is -2.24. The molecule has 0 fully saturated rings. The second kappa shape index (κ2) is 5.17. The number of hydrogen-bond acceptors (Lipinski definition) is 6. The number of H-pyrrole nitrogens is 1. The number of nitrogens with one attached hydrogen (secondary N) is 1. The minimum absolute atomic E-state index is 0.167. The molecule has 0 radical (unpaired) electrons. The maximum Gasteiger partial charge on any atom is 0.179 e. The predicted molar refractivity (Wildman–Crippen MR) is 65.6 cm³/mol. The Kier molecular flexibility index (Phi) is 3.62. The van der Waals surface area contributed by atoms with Gasteiger partial charge in [0, 0.05) is 25.7 Å². The molecule has 2 aromatic rings. The summed E-state index contributed by atoms with van der Waals surface area (Å²) in [5.74, 6) is 1.71. The molecule has 2 heterocycles. The summed E-state index contributed by atoms with van der Waals surface area (Å²) in [6.07, 6.45) is 3.24. The summed E-state index contributed by atoms with van der Waals surface area (Å²) >= 11 is 3.42. The number of likely N-dealkylation sites (N-methyl/N-ethyl adjacent to an activating group) is 1. The number of tetrazole rings is 1. The van der Waals surface area contributed by atoms with Crippen LogP contribution in [0.4, 0.5) is 5.82 Å². The van der Waals surface area contributed by atoms with E-state index < -0.39 is 0 Å². The van der Waals surface area contributed by atoms with Crippen molar-refractivity contribution in [1.82, 2.24) is 30.6 Å². The van der Waals surface area contributed by atoms with Crippen LogP contribution in [-0.2, 0) is 0 Å². The first-order chi connectivity index (χ1) is 8.18. The maximum absolute atomic E-state index is 4.22. The molecule has 0 aliphatic heterocycles. The van der Waals surface area contributed by atoms with Crippen molar-refractivity contribution in [2.45, 2.75) is 12.8 Å². The van der Waals surface area contributed by atoms with Gasteiger partial charge in [-0.25, -0.2) is 9.97 Å². The summed E-state index contributed by atoms with van der Waals surface area (Å²) in [4.78, 5) is 10.2. The largest absolute Gasteiger partial charge is 0.358 e.